The molecule has 20 heavy (non-hydrogen) atoms. The van der Waals surface area contributed by atoms with Crippen molar-refractivity contribution in [3.05, 3.63) is 35.6 Å². The summed E-state index contributed by atoms with van der Waals surface area (Å²) in [4.78, 5) is 2.49. The summed E-state index contributed by atoms with van der Waals surface area (Å²) < 4.78 is 13.3. The second-order valence-corrected chi connectivity index (χ2v) is 6.48. The molecule has 2 unspecified atom stereocenters. The molecule has 1 aromatic carbocycles. The second-order valence-electron chi connectivity index (χ2n) is 6.48. The van der Waals surface area contributed by atoms with Gasteiger partial charge < -0.3 is 5.32 Å². The van der Waals surface area contributed by atoms with Crippen LogP contribution < -0.4 is 5.32 Å². The van der Waals surface area contributed by atoms with Gasteiger partial charge in [-0.2, -0.15) is 0 Å². The summed E-state index contributed by atoms with van der Waals surface area (Å²) >= 11 is 0. The Balaban J connectivity index is 2.02. The van der Waals surface area contributed by atoms with Crippen molar-refractivity contribution >= 4 is 0 Å². The third-order valence-corrected chi connectivity index (χ3v) is 4.10. The van der Waals surface area contributed by atoms with Crippen LogP contribution in [0, 0.1) is 11.7 Å². The van der Waals surface area contributed by atoms with E-state index in [0.29, 0.717) is 18.0 Å². The van der Waals surface area contributed by atoms with Gasteiger partial charge >= 0.3 is 0 Å². The number of hydrogen-bond acceptors (Lipinski definition) is 2. The predicted octanol–water partition coefficient (Wildman–Crippen LogP) is 3.42. The zero-order chi connectivity index (χ0) is 14.5. The van der Waals surface area contributed by atoms with Crippen LogP contribution in [0.25, 0.3) is 0 Å². The molecule has 1 heterocycles. The molecule has 2 rings (SSSR count). The van der Waals surface area contributed by atoms with E-state index in [1.165, 1.54) is 12.5 Å². The number of nitrogens with one attached hydrogen (secondary N) is 1. The van der Waals surface area contributed by atoms with Crippen molar-refractivity contribution in [2.75, 3.05) is 13.1 Å². The largest absolute Gasteiger partial charge is 0.313 e. The number of benzene rings is 1. The lowest BCUT2D eigenvalue weighted by Crippen LogP contribution is -2.40. The Morgan fingerprint density at radius 1 is 1.40 bits per heavy atom. The normalized spacial score (nSPS) is 24.9. The standard InChI is InChI=1S/C17H27FN2/c1-13(2)9-17-12-20(14(3)7-8-19-17)11-15-5-4-6-16(18)10-15/h4-6,10,13-14,17,19H,7-9,11-12H2,1-3H3. The first kappa shape index (κ1) is 15.5. The minimum absolute atomic E-state index is 0.137. The molecule has 1 saturated heterocycles. The average Bonchev–Trinajstić information content (AvgIpc) is 2.52. The Morgan fingerprint density at radius 3 is 2.90 bits per heavy atom. The summed E-state index contributed by atoms with van der Waals surface area (Å²) in [6, 6.07) is 8.08. The van der Waals surface area contributed by atoms with Gasteiger partial charge in [0.15, 0.2) is 0 Å². The van der Waals surface area contributed by atoms with Crippen molar-refractivity contribution in [3.63, 3.8) is 0 Å². The highest BCUT2D eigenvalue weighted by Crippen LogP contribution is 2.17. The average molecular weight is 278 g/mol. The Kier molecular flexibility index (Phi) is 5.55. The summed E-state index contributed by atoms with van der Waals surface area (Å²) in [5, 5.41) is 3.65. The smallest absolute Gasteiger partial charge is 0.123 e. The Bertz CT molecular complexity index is 419. The summed E-state index contributed by atoms with van der Waals surface area (Å²) in [5.41, 5.74) is 1.07. The number of halogens is 1. The molecule has 1 fully saturated rings. The third-order valence-electron chi connectivity index (χ3n) is 4.10. The molecule has 3 heteroatoms. The number of nitrogens with zero attached hydrogens (tertiary/aromatic N) is 1. The first-order chi connectivity index (χ1) is 9.54. The van der Waals surface area contributed by atoms with Gasteiger partial charge in [-0.25, -0.2) is 4.39 Å². The quantitative estimate of drug-likeness (QED) is 0.908. The van der Waals surface area contributed by atoms with Crippen LogP contribution in [0.1, 0.15) is 39.2 Å². The second kappa shape index (κ2) is 7.19. The fourth-order valence-electron chi connectivity index (χ4n) is 3.02. The molecule has 1 aliphatic rings. The van der Waals surface area contributed by atoms with Gasteiger partial charge in [0.1, 0.15) is 5.82 Å². The maximum Gasteiger partial charge on any atom is 0.123 e. The molecule has 2 atom stereocenters. The van der Waals surface area contributed by atoms with Gasteiger partial charge in [-0.1, -0.05) is 26.0 Å². The van der Waals surface area contributed by atoms with Gasteiger partial charge in [0.2, 0.25) is 0 Å². The molecule has 0 spiro atoms. The number of rotatable bonds is 4. The first-order valence-corrected chi connectivity index (χ1v) is 7.76. The zero-order valence-corrected chi connectivity index (χ0v) is 12.9. The molecular formula is C17H27FN2. The highest BCUT2D eigenvalue weighted by molar-refractivity contribution is 5.16. The predicted molar refractivity (Wildman–Crippen MR) is 82.1 cm³/mol. The molecule has 1 aromatic rings. The summed E-state index contributed by atoms with van der Waals surface area (Å²) in [6.07, 6.45) is 2.36. The third kappa shape index (κ3) is 4.57. The molecule has 0 saturated carbocycles. The van der Waals surface area contributed by atoms with Crippen LogP contribution in [-0.4, -0.2) is 30.1 Å². The van der Waals surface area contributed by atoms with E-state index in [1.54, 1.807) is 12.1 Å². The zero-order valence-electron chi connectivity index (χ0n) is 12.9. The molecular weight excluding hydrogens is 251 g/mol. The first-order valence-electron chi connectivity index (χ1n) is 7.76. The van der Waals surface area contributed by atoms with E-state index in [1.807, 2.05) is 6.07 Å². The van der Waals surface area contributed by atoms with Crippen LogP contribution in [0.5, 0.6) is 0 Å². The van der Waals surface area contributed by atoms with Crippen molar-refractivity contribution in [1.29, 1.82) is 0 Å². The molecule has 0 radical (unpaired) electrons. The lowest BCUT2D eigenvalue weighted by atomic mass is 10.0. The van der Waals surface area contributed by atoms with Crippen LogP contribution in [0.3, 0.4) is 0 Å². The highest BCUT2D eigenvalue weighted by atomic mass is 19.1. The minimum Gasteiger partial charge on any atom is -0.313 e. The van der Waals surface area contributed by atoms with E-state index in [9.17, 15) is 4.39 Å². The van der Waals surface area contributed by atoms with Crippen molar-refractivity contribution in [2.24, 2.45) is 5.92 Å². The summed E-state index contributed by atoms with van der Waals surface area (Å²) in [5.74, 6) is 0.568. The van der Waals surface area contributed by atoms with Crippen LogP contribution >= 0.6 is 0 Å². The highest BCUT2D eigenvalue weighted by Gasteiger charge is 2.23. The molecule has 1 N–H and O–H groups in total. The van der Waals surface area contributed by atoms with Crippen LogP contribution in [0.4, 0.5) is 4.39 Å². The van der Waals surface area contributed by atoms with Gasteiger partial charge in [0.05, 0.1) is 0 Å². The van der Waals surface area contributed by atoms with Crippen molar-refractivity contribution in [1.82, 2.24) is 10.2 Å². The van der Waals surface area contributed by atoms with Crippen molar-refractivity contribution < 1.29 is 4.39 Å². The van der Waals surface area contributed by atoms with Crippen molar-refractivity contribution in [3.8, 4) is 0 Å². The summed E-state index contributed by atoms with van der Waals surface area (Å²) in [6.45, 7) is 9.79. The van der Waals surface area contributed by atoms with Crippen molar-refractivity contribution in [2.45, 2.75) is 52.2 Å². The number of hydrogen-bond donors (Lipinski definition) is 1. The van der Waals surface area contributed by atoms with E-state index >= 15 is 0 Å². The van der Waals surface area contributed by atoms with Gasteiger partial charge in [0.25, 0.3) is 0 Å². The van der Waals surface area contributed by atoms with E-state index in [4.69, 9.17) is 0 Å². The molecule has 1 aliphatic heterocycles. The Hall–Kier alpha value is -0.930. The molecule has 0 aliphatic carbocycles. The van der Waals surface area contributed by atoms with Crippen LogP contribution in [-0.2, 0) is 6.54 Å². The van der Waals surface area contributed by atoms with Gasteiger partial charge in [-0.3, -0.25) is 4.90 Å². The van der Waals surface area contributed by atoms with Gasteiger partial charge in [-0.15, -0.1) is 0 Å². The fraction of sp³-hybridized carbons (Fsp3) is 0.647. The lowest BCUT2D eigenvalue weighted by Gasteiger charge is -2.29. The topological polar surface area (TPSA) is 15.3 Å². The molecule has 0 aromatic heterocycles. The minimum atomic E-state index is -0.137. The summed E-state index contributed by atoms with van der Waals surface area (Å²) in [7, 11) is 0. The molecule has 0 amide bonds. The van der Waals surface area contributed by atoms with Gasteiger partial charge in [-0.05, 0) is 49.9 Å². The molecule has 2 nitrogen and oxygen atoms in total. The maximum absolute atomic E-state index is 13.3. The van der Waals surface area contributed by atoms with Gasteiger partial charge in [0, 0.05) is 25.2 Å². The van der Waals surface area contributed by atoms with E-state index < -0.39 is 0 Å². The van der Waals surface area contributed by atoms with Crippen LogP contribution in [0.15, 0.2) is 24.3 Å². The Morgan fingerprint density at radius 2 is 2.20 bits per heavy atom. The monoisotopic (exact) mass is 278 g/mol. The van der Waals surface area contributed by atoms with Crippen LogP contribution in [0.2, 0.25) is 0 Å². The SMILES string of the molecule is CC(C)CC1CN(Cc2cccc(F)c2)C(C)CCN1. The fourth-order valence-corrected chi connectivity index (χ4v) is 3.02. The van der Waals surface area contributed by atoms with E-state index in [-0.39, 0.29) is 5.82 Å². The molecule has 0 bridgehead atoms. The lowest BCUT2D eigenvalue weighted by molar-refractivity contribution is 0.189. The Labute approximate surface area is 122 Å². The molecule has 112 valence electrons. The van der Waals surface area contributed by atoms with E-state index in [0.717, 1.165) is 31.6 Å². The van der Waals surface area contributed by atoms with E-state index in [2.05, 4.69) is 31.0 Å². The maximum atomic E-state index is 13.3.